The zero-order chi connectivity index (χ0) is 8.85. The van der Waals surface area contributed by atoms with Crippen LogP contribution in [0.2, 0.25) is 0 Å². The lowest BCUT2D eigenvalue weighted by molar-refractivity contribution is 0.391. The third-order valence-electron chi connectivity index (χ3n) is 2.59. The van der Waals surface area contributed by atoms with Crippen LogP contribution in [-0.4, -0.2) is 0 Å². The molecule has 1 unspecified atom stereocenters. The van der Waals surface area contributed by atoms with E-state index in [0.717, 1.165) is 18.3 Å². The molecule has 0 spiro atoms. The molecule has 11 heavy (non-hydrogen) atoms. The van der Waals surface area contributed by atoms with Crippen molar-refractivity contribution >= 4 is 0 Å². The van der Waals surface area contributed by atoms with Crippen molar-refractivity contribution in [1.29, 1.82) is 0 Å². The van der Waals surface area contributed by atoms with Gasteiger partial charge in [0.1, 0.15) is 0 Å². The molecule has 0 aromatic heterocycles. The third kappa shape index (κ3) is 5.06. The molecule has 0 amide bonds. The van der Waals surface area contributed by atoms with Crippen LogP contribution in [-0.2, 0) is 0 Å². The van der Waals surface area contributed by atoms with E-state index in [1.54, 1.807) is 0 Å². The Balaban J connectivity index is 3.45. The molecule has 0 radical (unpaired) electrons. The Morgan fingerprint density at radius 1 is 1.27 bits per heavy atom. The third-order valence-corrected chi connectivity index (χ3v) is 2.59. The quantitative estimate of drug-likeness (QED) is 0.524. The highest BCUT2D eigenvalue weighted by molar-refractivity contribution is 4.92. The summed E-state index contributed by atoms with van der Waals surface area (Å²) in [6, 6.07) is 0. The average Bonchev–Trinajstić information content (AvgIpc) is 1.99. The molecule has 66 valence electrons. The van der Waals surface area contributed by atoms with Gasteiger partial charge in [0.05, 0.1) is 0 Å². The molecule has 0 aromatic rings. The molecule has 0 aromatic carbocycles. The molecule has 0 aliphatic heterocycles. The number of rotatable bonds is 5. The summed E-state index contributed by atoms with van der Waals surface area (Å²) in [5.41, 5.74) is 1.40. The van der Waals surface area contributed by atoms with E-state index in [2.05, 4.69) is 34.3 Å². The first-order valence-corrected chi connectivity index (χ1v) is 4.74. The molecule has 1 atom stereocenters. The molecule has 0 N–H and O–H groups in total. The Morgan fingerprint density at radius 2 is 1.82 bits per heavy atom. The van der Waals surface area contributed by atoms with Crippen LogP contribution in [0.5, 0.6) is 0 Å². The van der Waals surface area contributed by atoms with Crippen LogP contribution in [0.3, 0.4) is 0 Å². The van der Waals surface area contributed by atoms with Gasteiger partial charge in [-0.25, -0.2) is 0 Å². The van der Waals surface area contributed by atoms with E-state index in [0.29, 0.717) is 0 Å². The van der Waals surface area contributed by atoms with Crippen molar-refractivity contribution < 1.29 is 0 Å². The predicted octanol–water partition coefficient (Wildman–Crippen LogP) is 4.02. The highest BCUT2D eigenvalue weighted by Gasteiger charge is 2.06. The van der Waals surface area contributed by atoms with Gasteiger partial charge >= 0.3 is 0 Å². The molecule has 0 nitrogen and oxygen atoms in total. The molecule has 0 aliphatic carbocycles. The van der Waals surface area contributed by atoms with Gasteiger partial charge in [-0.05, 0) is 31.1 Å². The topological polar surface area (TPSA) is 0 Å². The first kappa shape index (κ1) is 10.7. The van der Waals surface area contributed by atoms with Crippen molar-refractivity contribution in [2.24, 2.45) is 11.8 Å². The van der Waals surface area contributed by atoms with Gasteiger partial charge in [-0.3, -0.25) is 0 Å². The molecule has 0 bridgehead atoms. The first-order valence-electron chi connectivity index (χ1n) is 4.74. The van der Waals surface area contributed by atoms with Gasteiger partial charge in [-0.1, -0.05) is 39.8 Å². The van der Waals surface area contributed by atoms with Crippen molar-refractivity contribution in [2.45, 2.75) is 47.0 Å². The summed E-state index contributed by atoms with van der Waals surface area (Å²) >= 11 is 0. The van der Waals surface area contributed by atoms with E-state index >= 15 is 0 Å². The molecule has 0 fully saturated rings. The second kappa shape index (κ2) is 5.40. The summed E-state index contributed by atoms with van der Waals surface area (Å²) in [5, 5.41) is 0. The zero-order valence-corrected chi connectivity index (χ0v) is 8.48. The van der Waals surface area contributed by atoms with Crippen molar-refractivity contribution in [3.63, 3.8) is 0 Å². The molecule has 0 heterocycles. The maximum Gasteiger partial charge on any atom is -0.0320 e. The van der Waals surface area contributed by atoms with Crippen molar-refractivity contribution in [1.82, 2.24) is 0 Å². The van der Waals surface area contributed by atoms with Gasteiger partial charge < -0.3 is 0 Å². The first-order chi connectivity index (χ1) is 5.07. The lowest BCUT2D eigenvalue weighted by Gasteiger charge is -2.15. The summed E-state index contributed by atoms with van der Waals surface area (Å²) < 4.78 is 0. The average molecular weight is 154 g/mol. The molecular formula is C11H22. The summed E-state index contributed by atoms with van der Waals surface area (Å²) in [5.74, 6) is 1.66. The molecular weight excluding hydrogens is 132 g/mol. The second-order valence-corrected chi connectivity index (χ2v) is 3.86. The molecule has 0 heteroatoms. The Kier molecular flexibility index (Phi) is 5.27. The molecule has 0 saturated heterocycles. The van der Waals surface area contributed by atoms with Crippen molar-refractivity contribution in [2.75, 3.05) is 0 Å². The Hall–Kier alpha value is -0.260. The van der Waals surface area contributed by atoms with Gasteiger partial charge in [0.2, 0.25) is 0 Å². The van der Waals surface area contributed by atoms with E-state index in [-0.39, 0.29) is 0 Å². The fourth-order valence-electron chi connectivity index (χ4n) is 0.942. The SMILES string of the molecule is C=C(CC)CCC(C)C(C)C. The van der Waals surface area contributed by atoms with Gasteiger partial charge in [-0.15, -0.1) is 0 Å². The van der Waals surface area contributed by atoms with Crippen LogP contribution in [0.1, 0.15) is 47.0 Å². The van der Waals surface area contributed by atoms with Crippen molar-refractivity contribution in [3.8, 4) is 0 Å². The zero-order valence-electron chi connectivity index (χ0n) is 8.48. The van der Waals surface area contributed by atoms with E-state index in [1.165, 1.54) is 18.4 Å². The Labute approximate surface area is 71.7 Å². The van der Waals surface area contributed by atoms with Gasteiger partial charge in [0.25, 0.3) is 0 Å². The lowest BCUT2D eigenvalue weighted by Crippen LogP contribution is -2.03. The summed E-state index contributed by atoms with van der Waals surface area (Å²) in [6.45, 7) is 13.1. The van der Waals surface area contributed by atoms with Crippen LogP contribution >= 0.6 is 0 Å². The minimum atomic E-state index is 0.819. The largest absolute Gasteiger partial charge is 0.0999 e. The minimum Gasteiger partial charge on any atom is -0.0999 e. The molecule has 0 rings (SSSR count). The molecule has 0 saturated carbocycles. The van der Waals surface area contributed by atoms with Crippen molar-refractivity contribution in [3.05, 3.63) is 12.2 Å². The van der Waals surface area contributed by atoms with Crippen LogP contribution in [0, 0.1) is 11.8 Å². The lowest BCUT2D eigenvalue weighted by atomic mass is 9.91. The molecule has 0 aliphatic rings. The monoisotopic (exact) mass is 154 g/mol. The number of hydrogen-bond donors (Lipinski definition) is 0. The van der Waals surface area contributed by atoms with E-state index in [9.17, 15) is 0 Å². The summed E-state index contributed by atoms with van der Waals surface area (Å²) in [6.07, 6.45) is 3.67. The van der Waals surface area contributed by atoms with E-state index in [1.807, 2.05) is 0 Å². The fraction of sp³-hybridized carbons (Fsp3) is 0.818. The Bertz CT molecular complexity index is 111. The maximum absolute atomic E-state index is 4.00. The Morgan fingerprint density at radius 3 is 2.18 bits per heavy atom. The van der Waals surface area contributed by atoms with Gasteiger partial charge in [-0.2, -0.15) is 0 Å². The van der Waals surface area contributed by atoms with Crippen LogP contribution in [0.15, 0.2) is 12.2 Å². The summed E-state index contributed by atoms with van der Waals surface area (Å²) in [4.78, 5) is 0. The maximum atomic E-state index is 4.00. The van der Waals surface area contributed by atoms with Gasteiger partial charge in [0, 0.05) is 0 Å². The van der Waals surface area contributed by atoms with Crippen LogP contribution in [0.4, 0.5) is 0 Å². The normalized spacial score (nSPS) is 13.5. The summed E-state index contributed by atoms with van der Waals surface area (Å²) in [7, 11) is 0. The van der Waals surface area contributed by atoms with Crippen LogP contribution < -0.4 is 0 Å². The smallest absolute Gasteiger partial charge is 0.0320 e. The second-order valence-electron chi connectivity index (χ2n) is 3.86. The highest BCUT2D eigenvalue weighted by atomic mass is 14.1. The highest BCUT2D eigenvalue weighted by Crippen LogP contribution is 2.19. The minimum absolute atomic E-state index is 0.819. The van der Waals surface area contributed by atoms with Gasteiger partial charge in [0.15, 0.2) is 0 Å². The van der Waals surface area contributed by atoms with E-state index < -0.39 is 0 Å². The number of hydrogen-bond acceptors (Lipinski definition) is 0. The number of allylic oxidation sites excluding steroid dienone is 1. The predicted molar refractivity (Wildman–Crippen MR) is 52.7 cm³/mol. The fourth-order valence-corrected chi connectivity index (χ4v) is 0.942. The standard InChI is InChI=1S/C11H22/c1-6-10(4)7-8-11(5)9(2)3/h9,11H,4,6-8H2,1-3,5H3. The van der Waals surface area contributed by atoms with Crippen LogP contribution in [0.25, 0.3) is 0 Å². The van der Waals surface area contributed by atoms with E-state index in [4.69, 9.17) is 0 Å².